The van der Waals surface area contributed by atoms with E-state index in [4.69, 9.17) is 0 Å². The fourth-order valence-corrected chi connectivity index (χ4v) is 2.55. The minimum absolute atomic E-state index is 0.0487. The van der Waals surface area contributed by atoms with Crippen molar-refractivity contribution in [2.75, 3.05) is 32.2 Å². The minimum Gasteiger partial charge on any atom is -0.303 e. The van der Waals surface area contributed by atoms with Gasteiger partial charge in [0.05, 0.1) is 11.3 Å². The highest BCUT2D eigenvalue weighted by Crippen LogP contribution is 2.31. The van der Waals surface area contributed by atoms with Gasteiger partial charge in [-0.2, -0.15) is 0 Å². The van der Waals surface area contributed by atoms with Gasteiger partial charge in [-0.15, -0.1) is 0 Å². The van der Waals surface area contributed by atoms with E-state index in [0.29, 0.717) is 0 Å². The van der Waals surface area contributed by atoms with Gasteiger partial charge in [-0.25, -0.2) is 5.01 Å². The van der Waals surface area contributed by atoms with E-state index in [1.807, 2.05) is 48.3 Å². The van der Waals surface area contributed by atoms with Crippen LogP contribution in [-0.4, -0.2) is 49.3 Å². The van der Waals surface area contributed by atoms with E-state index in [1.54, 1.807) is 0 Å². The number of carbonyl (C=O) groups excluding carboxylic acids is 1. The number of nitrogens with zero attached hydrogens (tertiary/aromatic N) is 3. The molecule has 1 atom stereocenters. The normalized spacial score (nSPS) is 23.0. The Kier molecular flexibility index (Phi) is 2.31. The molecule has 0 saturated carbocycles. The molecule has 1 amide bonds. The molecule has 1 aromatic rings. The molecule has 0 aliphatic carbocycles. The Bertz CT molecular complexity index is 460. The number of fused-ring (bicyclic) bond motifs is 2. The number of anilines is 1. The third kappa shape index (κ3) is 1.43. The number of carbonyl (C=O) groups is 1. The topological polar surface area (TPSA) is 38.8 Å². The molecule has 0 aromatic heterocycles. The molecule has 5 nitrogen and oxygen atoms in total. The monoisotopic (exact) mass is 232 g/mol. The Hall–Kier alpha value is -1.59. The summed E-state index contributed by atoms with van der Waals surface area (Å²) >= 11 is 0. The van der Waals surface area contributed by atoms with Crippen molar-refractivity contribution >= 4 is 11.6 Å². The van der Waals surface area contributed by atoms with Gasteiger partial charge in [0.15, 0.2) is 6.29 Å². The quantitative estimate of drug-likeness (QED) is 0.756. The largest absolute Gasteiger partial charge is 0.303 e. The van der Waals surface area contributed by atoms with Crippen LogP contribution in [0.4, 0.5) is 5.69 Å². The van der Waals surface area contributed by atoms with Crippen molar-refractivity contribution in [2.24, 2.45) is 0 Å². The van der Waals surface area contributed by atoms with Gasteiger partial charge in [0.1, 0.15) is 0 Å². The van der Waals surface area contributed by atoms with Crippen LogP contribution in [0.1, 0.15) is 10.4 Å². The zero-order valence-corrected chi connectivity index (χ0v) is 10.1. The maximum absolute atomic E-state index is 12.3. The molecule has 90 valence electrons. The minimum atomic E-state index is -0.0487. The Labute approximate surface area is 101 Å². The van der Waals surface area contributed by atoms with Gasteiger partial charge in [-0.1, -0.05) is 12.1 Å². The molecule has 2 heterocycles. The summed E-state index contributed by atoms with van der Waals surface area (Å²) in [5.74, 6) is 0.119. The predicted octanol–water partition coefficient (Wildman–Crippen LogP) is 0.312. The standard InChI is InChI=1S/C12H16N4O/c1-14(2)16-10-6-4-3-5-9(10)11(17)15-8-7-13-12(15)16/h3-6,12-13H,7-8H2,1-2H3. The lowest BCUT2D eigenvalue weighted by Crippen LogP contribution is -2.60. The third-order valence-corrected chi connectivity index (χ3v) is 3.28. The average molecular weight is 232 g/mol. The van der Waals surface area contributed by atoms with Gasteiger partial charge < -0.3 is 4.90 Å². The SMILES string of the molecule is CN(C)N1c2ccccc2C(=O)N2CCNC21. The second kappa shape index (κ2) is 3.72. The van der Waals surface area contributed by atoms with Crippen LogP contribution in [0.3, 0.4) is 0 Å². The number of nitrogens with one attached hydrogen (secondary N) is 1. The fourth-order valence-electron chi connectivity index (χ4n) is 2.55. The zero-order chi connectivity index (χ0) is 12.0. The van der Waals surface area contributed by atoms with Crippen LogP contribution in [0.2, 0.25) is 0 Å². The average Bonchev–Trinajstić information content (AvgIpc) is 2.78. The van der Waals surface area contributed by atoms with E-state index in [2.05, 4.69) is 10.3 Å². The van der Waals surface area contributed by atoms with Crippen LogP contribution in [0.25, 0.3) is 0 Å². The number of hydrogen-bond acceptors (Lipinski definition) is 4. The first-order valence-electron chi connectivity index (χ1n) is 5.80. The smallest absolute Gasteiger partial charge is 0.258 e. The highest BCUT2D eigenvalue weighted by Gasteiger charge is 2.40. The molecule has 1 fully saturated rings. The lowest BCUT2D eigenvalue weighted by atomic mass is 10.1. The molecular weight excluding hydrogens is 216 g/mol. The predicted molar refractivity (Wildman–Crippen MR) is 65.4 cm³/mol. The van der Waals surface area contributed by atoms with Crippen LogP contribution in [0.15, 0.2) is 24.3 Å². The maximum Gasteiger partial charge on any atom is 0.258 e. The molecule has 0 bridgehead atoms. The summed E-state index contributed by atoms with van der Waals surface area (Å²) in [7, 11) is 3.98. The number of para-hydroxylation sites is 1. The van der Waals surface area contributed by atoms with Crippen LogP contribution in [0, 0.1) is 0 Å². The van der Waals surface area contributed by atoms with Crippen molar-refractivity contribution in [3.63, 3.8) is 0 Å². The van der Waals surface area contributed by atoms with Crippen molar-refractivity contribution in [1.29, 1.82) is 0 Å². The summed E-state index contributed by atoms with van der Waals surface area (Å²) in [5, 5.41) is 7.48. The summed E-state index contributed by atoms with van der Waals surface area (Å²) < 4.78 is 0. The Morgan fingerprint density at radius 3 is 2.88 bits per heavy atom. The molecule has 1 N–H and O–H groups in total. The van der Waals surface area contributed by atoms with Crippen LogP contribution in [-0.2, 0) is 0 Å². The molecule has 3 rings (SSSR count). The van der Waals surface area contributed by atoms with Crippen molar-refractivity contribution in [3.05, 3.63) is 29.8 Å². The number of benzene rings is 1. The summed E-state index contributed by atoms with van der Waals surface area (Å²) in [6, 6.07) is 7.76. The number of amides is 1. The molecule has 0 radical (unpaired) electrons. The van der Waals surface area contributed by atoms with Gasteiger partial charge in [0.25, 0.3) is 5.91 Å². The van der Waals surface area contributed by atoms with Crippen LogP contribution >= 0.6 is 0 Å². The first-order valence-corrected chi connectivity index (χ1v) is 5.80. The summed E-state index contributed by atoms with van der Waals surface area (Å²) in [4.78, 5) is 14.2. The van der Waals surface area contributed by atoms with Crippen LogP contribution in [0.5, 0.6) is 0 Å². The van der Waals surface area contributed by atoms with Gasteiger partial charge in [0, 0.05) is 27.2 Å². The van der Waals surface area contributed by atoms with Crippen molar-refractivity contribution < 1.29 is 4.79 Å². The van der Waals surface area contributed by atoms with Crippen molar-refractivity contribution in [1.82, 2.24) is 15.2 Å². The molecule has 5 heteroatoms. The van der Waals surface area contributed by atoms with E-state index in [0.717, 1.165) is 24.3 Å². The number of hydrazine groups is 1. The molecule has 2 aliphatic rings. The Balaban J connectivity index is 2.14. The Morgan fingerprint density at radius 2 is 2.12 bits per heavy atom. The maximum atomic E-state index is 12.3. The second-order valence-corrected chi connectivity index (χ2v) is 4.54. The first-order chi connectivity index (χ1) is 8.20. The molecule has 1 unspecified atom stereocenters. The first kappa shape index (κ1) is 10.6. The van der Waals surface area contributed by atoms with E-state index in [1.165, 1.54) is 0 Å². The van der Waals surface area contributed by atoms with Gasteiger partial charge in [-0.05, 0) is 12.1 Å². The van der Waals surface area contributed by atoms with Crippen LogP contribution < -0.4 is 10.3 Å². The lowest BCUT2D eigenvalue weighted by molar-refractivity contribution is 0.0651. The Morgan fingerprint density at radius 1 is 1.35 bits per heavy atom. The molecule has 1 aromatic carbocycles. The van der Waals surface area contributed by atoms with E-state index < -0.39 is 0 Å². The van der Waals surface area contributed by atoms with E-state index in [9.17, 15) is 4.79 Å². The molecule has 17 heavy (non-hydrogen) atoms. The highest BCUT2D eigenvalue weighted by atomic mass is 16.2. The van der Waals surface area contributed by atoms with Gasteiger partial charge in [-0.3, -0.25) is 15.1 Å². The van der Waals surface area contributed by atoms with Crippen molar-refractivity contribution in [3.8, 4) is 0 Å². The molecular formula is C12H16N4O. The van der Waals surface area contributed by atoms with Gasteiger partial charge >= 0.3 is 0 Å². The molecule has 0 spiro atoms. The highest BCUT2D eigenvalue weighted by molar-refractivity contribution is 6.02. The number of rotatable bonds is 1. The van der Waals surface area contributed by atoms with E-state index >= 15 is 0 Å². The summed E-state index contributed by atoms with van der Waals surface area (Å²) in [6.45, 7) is 1.61. The number of hydrogen-bond donors (Lipinski definition) is 1. The molecule has 2 aliphatic heterocycles. The summed E-state index contributed by atoms with van der Waals surface area (Å²) in [5.41, 5.74) is 1.75. The summed E-state index contributed by atoms with van der Waals surface area (Å²) in [6.07, 6.45) is -0.0487. The third-order valence-electron chi connectivity index (χ3n) is 3.28. The lowest BCUT2D eigenvalue weighted by Gasteiger charge is -2.44. The van der Waals surface area contributed by atoms with Gasteiger partial charge in [0.2, 0.25) is 0 Å². The van der Waals surface area contributed by atoms with E-state index in [-0.39, 0.29) is 12.2 Å². The molecule has 1 saturated heterocycles. The van der Waals surface area contributed by atoms with Crippen molar-refractivity contribution in [2.45, 2.75) is 6.29 Å². The fraction of sp³-hybridized carbons (Fsp3) is 0.417. The zero-order valence-electron chi connectivity index (χ0n) is 10.1. The second-order valence-electron chi connectivity index (χ2n) is 4.54.